The molecule has 0 spiro atoms. The van der Waals surface area contributed by atoms with Crippen molar-refractivity contribution in [2.24, 2.45) is 14.1 Å². The van der Waals surface area contributed by atoms with E-state index in [-0.39, 0.29) is 5.78 Å². The maximum Gasteiger partial charge on any atom is 0.332 e. The Bertz CT molecular complexity index is 1080. The molecule has 0 saturated carbocycles. The third-order valence-electron chi connectivity index (χ3n) is 3.89. The number of hydrogen-bond acceptors (Lipinski definition) is 5. The third kappa shape index (κ3) is 2.50. The van der Waals surface area contributed by atoms with Crippen molar-refractivity contribution in [3.8, 4) is 0 Å². The molecule has 0 aliphatic rings. The zero-order valence-corrected chi connectivity index (χ0v) is 13.5. The van der Waals surface area contributed by atoms with Gasteiger partial charge in [0.2, 0.25) is 0 Å². The first-order valence-corrected chi connectivity index (χ1v) is 7.33. The second-order valence-corrected chi connectivity index (χ2v) is 5.52. The van der Waals surface area contributed by atoms with Crippen LogP contribution in [-0.2, 0) is 14.1 Å². The van der Waals surface area contributed by atoms with Crippen LogP contribution in [0.2, 0.25) is 0 Å². The van der Waals surface area contributed by atoms with Gasteiger partial charge in [-0.15, -0.1) is 0 Å². The Labute approximate surface area is 137 Å². The zero-order chi connectivity index (χ0) is 17.4. The molecular formula is C17H16N4O3. The van der Waals surface area contributed by atoms with Crippen molar-refractivity contribution in [1.29, 1.82) is 0 Å². The van der Waals surface area contributed by atoms with E-state index < -0.39 is 11.2 Å². The molecule has 3 aromatic rings. The SMILES string of the molecule is CC(=O)c1cccc(Nc2ccnc3c2c(=O)n(C)c(=O)n3C)c1. The molecule has 2 aromatic heterocycles. The van der Waals surface area contributed by atoms with E-state index in [1.807, 2.05) is 0 Å². The molecule has 24 heavy (non-hydrogen) atoms. The van der Waals surface area contributed by atoms with Crippen LogP contribution in [0.15, 0.2) is 46.1 Å². The Kier molecular flexibility index (Phi) is 3.76. The van der Waals surface area contributed by atoms with E-state index in [9.17, 15) is 14.4 Å². The monoisotopic (exact) mass is 324 g/mol. The predicted molar refractivity (Wildman–Crippen MR) is 92.0 cm³/mol. The first kappa shape index (κ1) is 15.7. The Morgan fingerprint density at radius 3 is 2.58 bits per heavy atom. The molecule has 0 aliphatic heterocycles. The second-order valence-electron chi connectivity index (χ2n) is 5.52. The first-order chi connectivity index (χ1) is 11.4. The average molecular weight is 324 g/mol. The van der Waals surface area contributed by atoms with E-state index in [0.717, 1.165) is 4.57 Å². The van der Waals surface area contributed by atoms with Crippen LogP contribution in [0.5, 0.6) is 0 Å². The Hall–Kier alpha value is -3.22. The van der Waals surface area contributed by atoms with Crippen molar-refractivity contribution in [2.45, 2.75) is 6.92 Å². The number of aromatic nitrogens is 3. The molecule has 0 unspecified atom stereocenters. The van der Waals surface area contributed by atoms with Gasteiger partial charge in [-0.2, -0.15) is 0 Å². The van der Waals surface area contributed by atoms with Gasteiger partial charge >= 0.3 is 5.69 Å². The molecule has 2 heterocycles. The van der Waals surface area contributed by atoms with Gasteiger partial charge in [0.25, 0.3) is 5.56 Å². The summed E-state index contributed by atoms with van der Waals surface area (Å²) in [7, 11) is 2.99. The molecule has 0 fully saturated rings. The lowest BCUT2D eigenvalue weighted by Crippen LogP contribution is -2.37. The summed E-state index contributed by atoms with van der Waals surface area (Å²) in [6.07, 6.45) is 1.53. The van der Waals surface area contributed by atoms with E-state index in [0.29, 0.717) is 28.0 Å². The van der Waals surface area contributed by atoms with E-state index >= 15 is 0 Å². The average Bonchev–Trinajstić information content (AvgIpc) is 2.58. The smallest absolute Gasteiger partial charge is 0.332 e. The van der Waals surface area contributed by atoms with Crippen LogP contribution in [0.25, 0.3) is 11.0 Å². The summed E-state index contributed by atoms with van der Waals surface area (Å²) in [5.41, 5.74) is 1.21. The minimum Gasteiger partial charge on any atom is -0.355 e. The number of rotatable bonds is 3. The van der Waals surface area contributed by atoms with Gasteiger partial charge in [0, 0.05) is 31.5 Å². The molecule has 0 aliphatic carbocycles. The summed E-state index contributed by atoms with van der Waals surface area (Å²) in [6, 6.07) is 8.65. The van der Waals surface area contributed by atoms with Gasteiger partial charge in [-0.3, -0.25) is 18.7 Å². The highest BCUT2D eigenvalue weighted by atomic mass is 16.2. The lowest BCUT2D eigenvalue weighted by atomic mass is 10.1. The van der Waals surface area contributed by atoms with Crippen molar-refractivity contribution in [1.82, 2.24) is 14.1 Å². The number of ketones is 1. The van der Waals surface area contributed by atoms with E-state index in [4.69, 9.17) is 0 Å². The number of Topliss-reactive ketones (excluding diaryl/α,β-unsaturated/α-hetero) is 1. The number of pyridine rings is 1. The Morgan fingerprint density at radius 1 is 1.12 bits per heavy atom. The van der Waals surface area contributed by atoms with Crippen LogP contribution in [0.1, 0.15) is 17.3 Å². The third-order valence-corrected chi connectivity index (χ3v) is 3.89. The maximum atomic E-state index is 12.5. The number of aryl methyl sites for hydroxylation is 1. The lowest BCUT2D eigenvalue weighted by Gasteiger charge is -2.12. The van der Waals surface area contributed by atoms with Gasteiger partial charge in [-0.1, -0.05) is 12.1 Å². The van der Waals surface area contributed by atoms with Gasteiger partial charge < -0.3 is 5.32 Å². The van der Waals surface area contributed by atoms with E-state index in [1.54, 1.807) is 37.4 Å². The summed E-state index contributed by atoms with van der Waals surface area (Å²) in [5.74, 6) is -0.0449. The van der Waals surface area contributed by atoms with Crippen LogP contribution < -0.4 is 16.6 Å². The number of carbonyl (C=O) groups is 1. The molecule has 0 bridgehead atoms. The highest BCUT2D eigenvalue weighted by molar-refractivity contribution is 5.96. The second kappa shape index (κ2) is 5.77. The number of nitrogens with one attached hydrogen (secondary N) is 1. The van der Waals surface area contributed by atoms with Gasteiger partial charge in [0.05, 0.1) is 5.69 Å². The molecule has 0 atom stereocenters. The number of nitrogens with zero attached hydrogens (tertiary/aromatic N) is 3. The van der Waals surface area contributed by atoms with Gasteiger partial charge in [-0.05, 0) is 25.1 Å². The molecular weight excluding hydrogens is 308 g/mol. The summed E-state index contributed by atoms with van der Waals surface area (Å²) in [5, 5.41) is 3.45. The van der Waals surface area contributed by atoms with Crippen LogP contribution >= 0.6 is 0 Å². The van der Waals surface area contributed by atoms with Crippen molar-refractivity contribution >= 4 is 28.2 Å². The number of benzene rings is 1. The van der Waals surface area contributed by atoms with Crippen LogP contribution in [0, 0.1) is 0 Å². The van der Waals surface area contributed by atoms with E-state index in [1.165, 1.54) is 24.7 Å². The minimum atomic E-state index is -0.435. The highest BCUT2D eigenvalue weighted by Crippen LogP contribution is 2.22. The molecule has 1 aromatic carbocycles. The molecule has 0 saturated heterocycles. The fraction of sp³-hybridized carbons (Fsp3) is 0.176. The largest absolute Gasteiger partial charge is 0.355 e. The predicted octanol–water partition coefficient (Wildman–Crippen LogP) is 1.58. The van der Waals surface area contributed by atoms with Gasteiger partial charge in [0.1, 0.15) is 5.39 Å². The normalized spacial score (nSPS) is 10.8. The first-order valence-electron chi connectivity index (χ1n) is 7.33. The highest BCUT2D eigenvalue weighted by Gasteiger charge is 2.13. The molecule has 7 nitrogen and oxygen atoms in total. The van der Waals surface area contributed by atoms with Crippen LogP contribution in [0.3, 0.4) is 0 Å². The van der Waals surface area contributed by atoms with Crippen LogP contribution in [-0.4, -0.2) is 19.9 Å². The lowest BCUT2D eigenvalue weighted by molar-refractivity contribution is 0.101. The topological polar surface area (TPSA) is 86.0 Å². The molecule has 0 radical (unpaired) electrons. The fourth-order valence-corrected chi connectivity index (χ4v) is 2.56. The molecule has 7 heteroatoms. The van der Waals surface area contributed by atoms with Gasteiger partial charge in [0.15, 0.2) is 11.4 Å². The summed E-state index contributed by atoms with van der Waals surface area (Å²) in [4.78, 5) is 40.2. The quantitative estimate of drug-likeness (QED) is 0.739. The number of anilines is 2. The molecule has 122 valence electrons. The Morgan fingerprint density at radius 2 is 1.88 bits per heavy atom. The van der Waals surface area contributed by atoms with Crippen molar-refractivity contribution in [3.63, 3.8) is 0 Å². The fourth-order valence-electron chi connectivity index (χ4n) is 2.56. The maximum absolute atomic E-state index is 12.5. The number of hydrogen-bond donors (Lipinski definition) is 1. The summed E-state index contributed by atoms with van der Waals surface area (Å²) >= 11 is 0. The van der Waals surface area contributed by atoms with Crippen molar-refractivity contribution in [2.75, 3.05) is 5.32 Å². The molecule has 3 rings (SSSR count). The number of carbonyl (C=O) groups excluding carboxylic acids is 1. The number of fused-ring (bicyclic) bond motifs is 1. The van der Waals surface area contributed by atoms with Crippen LogP contribution in [0.4, 0.5) is 11.4 Å². The van der Waals surface area contributed by atoms with Gasteiger partial charge in [-0.25, -0.2) is 9.78 Å². The summed E-state index contributed by atoms with van der Waals surface area (Å²) in [6.45, 7) is 1.49. The van der Waals surface area contributed by atoms with Crippen molar-refractivity contribution < 1.29 is 4.79 Å². The summed E-state index contributed by atoms with van der Waals surface area (Å²) < 4.78 is 2.37. The van der Waals surface area contributed by atoms with E-state index in [2.05, 4.69) is 10.3 Å². The van der Waals surface area contributed by atoms with Crippen molar-refractivity contribution in [3.05, 3.63) is 62.9 Å². The Balaban J connectivity index is 2.21. The zero-order valence-electron chi connectivity index (χ0n) is 13.5. The standard InChI is InChI=1S/C17H16N4O3/c1-10(22)11-5-4-6-12(9-11)19-13-7-8-18-15-14(13)16(23)21(3)17(24)20(15)2/h4-9H,1-3H3,(H,18,19). The minimum absolute atomic E-state index is 0.0449. The molecule has 1 N–H and O–H groups in total. The molecule has 0 amide bonds.